The summed E-state index contributed by atoms with van der Waals surface area (Å²) in [5.41, 5.74) is 0.978. The molecule has 1 aliphatic heterocycles. The van der Waals surface area contributed by atoms with Gasteiger partial charge in [0.15, 0.2) is 0 Å². The summed E-state index contributed by atoms with van der Waals surface area (Å²) in [5, 5.41) is 5.63. The molecule has 1 aromatic rings. The SMILES string of the molecule is CNCC(=O)NCc1ccnc(OC2CCOCC2)c1. The third-order valence-electron chi connectivity index (χ3n) is 3.08. The van der Waals surface area contributed by atoms with Crippen molar-refractivity contribution in [2.24, 2.45) is 0 Å². The second-order valence-electron chi connectivity index (χ2n) is 4.74. The number of nitrogens with zero attached hydrogens (tertiary/aromatic N) is 1. The van der Waals surface area contributed by atoms with Gasteiger partial charge in [0.2, 0.25) is 11.8 Å². The molecule has 0 spiro atoms. The first-order valence-corrected chi connectivity index (χ1v) is 6.88. The number of hydrogen-bond donors (Lipinski definition) is 2. The van der Waals surface area contributed by atoms with Crippen molar-refractivity contribution < 1.29 is 14.3 Å². The van der Waals surface area contributed by atoms with Gasteiger partial charge in [-0.1, -0.05) is 0 Å². The monoisotopic (exact) mass is 279 g/mol. The number of nitrogens with one attached hydrogen (secondary N) is 2. The summed E-state index contributed by atoms with van der Waals surface area (Å²) >= 11 is 0. The fourth-order valence-corrected chi connectivity index (χ4v) is 2.01. The average molecular weight is 279 g/mol. The van der Waals surface area contributed by atoms with E-state index in [2.05, 4.69) is 15.6 Å². The first-order chi connectivity index (χ1) is 9.78. The van der Waals surface area contributed by atoms with Crippen LogP contribution in [-0.4, -0.2) is 43.8 Å². The number of hydrogen-bond acceptors (Lipinski definition) is 5. The van der Waals surface area contributed by atoms with Gasteiger partial charge in [-0.3, -0.25) is 4.79 Å². The second kappa shape index (κ2) is 7.81. The van der Waals surface area contributed by atoms with Crippen LogP contribution >= 0.6 is 0 Å². The van der Waals surface area contributed by atoms with E-state index in [1.807, 2.05) is 12.1 Å². The molecule has 0 aromatic carbocycles. The predicted octanol–water partition coefficient (Wildman–Crippen LogP) is 0.475. The summed E-state index contributed by atoms with van der Waals surface area (Å²) in [6.07, 6.45) is 3.66. The van der Waals surface area contributed by atoms with Crippen molar-refractivity contribution in [2.45, 2.75) is 25.5 Å². The van der Waals surface area contributed by atoms with E-state index in [0.717, 1.165) is 31.6 Å². The first kappa shape index (κ1) is 14.7. The topological polar surface area (TPSA) is 72.5 Å². The molecule has 2 heterocycles. The minimum Gasteiger partial charge on any atom is -0.474 e. The number of ether oxygens (including phenoxy) is 2. The molecule has 0 atom stereocenters. The molecule has 6 heteroatoms. The molecule has 1 aliphatic rings. The van der Waals surface area contributed by atoms with Crippen molar-refractivity contribution in [1.29, 1.82) is 0 Å². The molecule has 2 rings (SSSR count). The Kier molecular flexibility index (Phi) is 5.76. The van der Waals surface area contributed by atoms with E-state index in [4.69, 9.17) is 9.47 Å². The summed E-state index contributed by atoms with van der Waals surface area (Å²) in [4.78, 5) is 15.6. The van der Waals surface area contributed by atoms with Gasteiger partial charge in [-0.2, -0.15) is 0 Å². The van der Waals surface area contributed by atoms with Crippen LogP contribution in [0.5, 0.6) is 5.88 Å². The Bertz CT molecular complexity index is 433. The lowest BCUT2D eigenvalue weighted by Crippen LogP contribution is -2.31. The second-order valence-corrected chi connectivity index (χ2v) is 4.74. The Morgan fingerprint density at radius 1 is 1.50 bits per heavy atom. The van der Waals surface area contributed by atoms with Crippen LogP contribution in [0.15, 0.2) is 18.3 Å². The number of aromatic nitrogens is 1. The van der Waals surface area contributed by atoms with Gasteiger partial charge in [-0.25, -0.2) is 4.98 Å². The first-order valence-electron chi connectivity index (χ1n) is 6.88. The van der Waals surface area contributed by atoms with Crippen LogP contribution in [0.25, 0.3) is 0 Å². The molecule has 1 amide bonds. The highest BCUT2D eigenvalue weighted by Gasteiger charge is 2.15. The van der Waals surface area contributed by atoms with Crippen molar-refractivity contribution in [1.82, 2.24) is 15.6 Å². The van der Waals surface area contributed by atoms with E-state index >= 15 is 0 Å². The Hall–Kier alpha value is -1.66. The van der Waals surface area contributed by atoms with Gasteiger partial charge in [0.25, 0.3) is 0 Å². The minimum absolute atomic E-state index is 0.0313. The number of amides is 1. The quantitative estimate of drug-likeness (QED) is 0.792. The van der Waals surface area contributed by atoms with Crippen LogP contribution in [0.3, 0.4) is 0 Å². The molecule has 1 saturated heterocycles. The smallest absolute Gasteiger partial charge is 0.234 e. The van der Waals surface area contributed by atoms with Gasteiger partial charge < -0.3 is 20.1 Å². The van der Waals surface area contributed by atoms with Crippen LogP contribution in [0.1, 0.15) is 18.4 Å². The van der Waals surface area contributed by atoms with E-state index < -0.39 is 0 Å². The maximum Gasteiger partial charge on any atom is 0.234 e. The summed E-state index contributed by atoms with van der Waals surface area (Å²) < 4.78 is 11.1. The number of carbonyl (C=O) groups excluding carboxylic acids is 1. The van der Waals surface area contributed by atoms with E-state index in [1.165, 1.54) is 0 Å². The number of carbonyl (C=O) groups is 1. The predicted molar refractivity (Wildman–Crippen MR) is 74.5 cm³/mol. The van der Waals surface area contributed by atoms with Crippen molar-refractivity contribution in [3.63, 3.8) is 0 Å². The van der Waals surface area contributed by atoms with Gasteiger partial charge in [-0.05, 0) is 18.7 Å². The zero-order valence-corrected chi connectivity index (χ0v) is 11.7. The van der Waals surface area contributed by atoms with Crippen molar-refractivity contribution in [3.05, 3.63) is 23.9 Å². The minimum atomic E-state index is -0.0313. The molecule has 0 bridgehead atoms. The van der Waals surface area contributed by atoms with E-state index in [9.17, 15) is 4.79 Å². The zero-order chi connectivity index (χ0) is 14.2. The molecule has 110 valence electrons. The Morgan fingerprint density at radius 2 is 2.30 bits per heavy atom. The summed E-state index contributed by atoms with van der Waals surface area (Å²) in [5.74, 6) is 0.577. The molecule has 1 fully saturated rings. The lowest BCUT2D eigenvalue weighted by atomic mass is 10.1. The highest BCUT2D eigenvalue weighted by atomic mass is 16.5. The van der Waals surface area contributed by atoms with E-state index in [1.54, 1.807) is 13.2 Å². The molecule has 2 N–H and O–H groups in total. The Morgan fingerprint density at radius 3 is 3.05 bits per heavy atom. The molecule has 0 unspecified atom stereocenters. The van der Waals surface area contributed by atoms with E-state index in [-0.39, 0.29) is 12.0 Å². The maximum absolute atomic E-state index is 11.4. The average Bonchev–Trinajstić information content (AvgIpc) is 2.47. The van der Waals surface area contributed by atoms with Crippen LogP contribution in [0.2, 0.25) is 0 Å². The van der Waals surface area contributed by atoms with Crippen LogP contribution < -0.4 is 15.4 Å². The molecule has 0 aliphatic carbocycles. The van der Waals surface area contributed by atoms with Crippen molar-refractivity contribution in [3.8, 4) is 5.88 Å². The summed E-state index contributed by atoms with van der Waals surface area (Å²) in [6, 6.07) is 3.74. The zero-order valence-electron chi connectivity index (χ0n) is 11.7. The normalized spacial score (nSPS) is 15.8. The lowest BCUT2D eigenvalue weighted by Gasteiger charge is -2.22. The fourth-order valence-electron chi connectivity index (χ4n) is 2.01. The van der Waals surface area contributed by atoms with E-state index in [0.29, 0.717) is 19.0 Å². The molecule has 6 nitrogen and oxygen atoms in total. The van der Waals surface area contributed by atoms with Gasteiger partial charge >= 0.3 is 0 Å². The summed E-state index contributed by atoms with van der Waals surface area (Å²) in [6.45, 7) is 2.28. The van der Waals surface area contributed by atoms with Gasteiger partial charge in [0.1, 0.15) is 6.10 Å². The largest absolute Gasteiger partial charge is 0.474 e. The van der Waals surface area contributed by atoms with Crippen LogP contribution in [-0.2, 0) is 16.1 Å². The van der Waals surface area contributed by atoms with Crippen molar-refractivity contribution >= 4 is 5.91 Å². The Balaban J connectivity index is 1.85. The summed E-state index contributed by atoms with van der Waals surface area (Å²) in [7, 11) is 1.74. The van der Waals surface area contributed by atoms with Gasteiger partial charge in [-0.15, -0.1) is 0 Å². The van der Waals surface area contributed by atoms with Crippen LogP contribution in [0, 0.1) is 0 Å². The molecule has 0 radical (unpaired) electrons. The molecule has 20 heavy (non-hydrogen) atoms. The highest BCUT2D eigenvalue weighted by molar-refractivity contribution is 5.77. The fraction of sp³-hybridized carbons (Fsp3) is 0.571. The van der Waals surface area contributed by atoms with Crippen molar-refractivity contribution in [2.75, 3.05) is 26.8 Å². The molecular formula is C14H21N3O3. The number of pyridine rings is 1. The number of likely N-dealkylation sites (N-methyl/N-ethyl adjacent to an activating group) is 1. The standard InChI is InChI=1S/C14H21N3O3/c1-15-10-13(18)17-9-11-2-5-16-14(8-11)20-12-3-6-19-7-4-12/h2,5,8,12,15H,3-4,6-7,9-10H2,1H3,(H,17,18). The third kappa shape index (κ3) is 4.79. The maximum atomic E-state index is 11.4. The van der Waals surface area contributed by atoms with Gasteiger partial charge in [0, 0.05) is 31.6 Å². The van der Waals surface area contributed by atoms with Crippen LogP contribution in [0.4, 0.5) is 0 Å². The van der Waals surface area contributed by atoms with Gasteiger partial charge in [0.05, 0.1) is 19.8 Å². The molecular weight excluding hydrogens is 258 g/mol. The highest BCUT2D eigenvalue weighted by Crippen LogP contribution is 2.16. The lowest BCUT2D eigenvalue weighted by molar-refractivity contribution is -0.120. The third-order valence-corrected chi connectivity index (χ3v) is 3.08. The number of rotatable bonds is 6. The molecule has 0 saturated carbocycles. The Labute approximate surface area is 118 Å². The molecule has 1 aromatic heterocycles.